The smallest absolute Gasteiger partial charge is 0.0739 e. The summed E-state index contributed by atoms with van der Waals surface area (Å²) in [5.74, 6) is 2.58. The number of fused-ring (bicyclic) bond motifs is 2. The first-order chi connectivity index (χ1) is 10.9. The molecule has 3 fully saturated rings. The van der Waals surface area contributed by atoms with Gasteiger partial charge in [-0.3, -0.25) is 10.2 Å². The number of nitrogens with one attached hydrogen (secondary N) is 1. The number of hydroxylamine groups is 2. The molecule has 0 spiro atoms. The van der Waals surface area contributed by atoms with E-state index in [1.807, 2.05) is 0 Å². The summed E-state index contributed by atoms with van der Waals surface area (Å²) in [4.78, 5) is 5.96. The third-order valence-electron chi connectivity index (χ3n) is 6.15. The highest BCUT2D eigenvalue weighted by atomic mass is 16.7. The summed E-state index contributed by atoms with van der Waals surface area (Å²) in [6.07, 6.45) is 7.03. The minimum Gasteiger partial charge on any atom is -0.298 e. The molecule has 1 saturated heterocycles. The summed E-state index contributed by atoms with van der Waals surface area (Å²) in [5, 5.41) is 6.00. The highest BCUT2D eigenvalue weighted by molar-refractivity contribution is 5.21. The van der Waals surface area contributed by atoms with E-state index in [1.165, 1.54) is 37.7 Å². The predicted molar refractivity (Wildman–Crippen MR) is 88.0 cm³/mol. The zero-order valence-corrected chi connectivity index (χ0v) is 13.6. The monoisotopic (exact) mass is 300 g/mol. The number of hydrogen-bond donors (Lipinski definition) is 1. The van der Waals surface area contributed by atoms with Crippen molar-refractivity contribution in [2.45, 2.75) is 51.1 Å². The maximum atomic E-state index is 5.96. The fraction of sp³-hybridized carbons (Fsp3) is 0.684. The van der Waals surface area contributed by atoms with Gasteiger partial charge < -0.3 is 0 Å². The zero-order valence-electron chi connectivity index (χ0n) is 13.6. The van der Waals surface area contributed by atoms with E-state index in [0.717, 1.165) is 25.1 Å². The zero-order chi connectivity index (χ0) is 14.9. The standard InChI is InChI=1S/C19H28N2O/c1-2-22-21-13-20-19(14-7-4-3-5-8-14)17-11-15-9-6-10-16(15)12-18(17)21/h3-5,7-8,15-20H,2,6,9-13H2,1H3. The van der Waals surface area contributed by atoms with Gasteiger partial charge >= 0.3 is 0 Å². The van der Waals surface area contributed by atoms with Crippen LogP contribution in [0.2, 0.25) is 0 Å². The average Bonchev–Trinajstić information content (AvgIpc) is 3.02. The SMILES string of the molecule is CCON1CNC(c2ccccc2)C2CC3CCCC3CC21. The minimum absolute atomic E-state index is 0.490. The van der Waals surface area contributed by atoms with Crippen LogP contribution in [-0.2, 0) is 4.84 Å². The van der Waals surface area contributed by atoms with Gasteiger partial charge in [-0.1, -0.05) is 49.6 Å². The van der Waals surface area contributed by atoms with Crippen LogP contribution in [0.15, 0.2) is 30.3 Å². The van der Waals surface area contributed by atoms with Crippen LogP contribution in [0.4, 0.5) is 0 Å². The largest absolute Gasteiger partial charge is 0.298 e. The molecule has 3 nitrogen and oxygen atoms in total. The Balaban J connectivity index is 1.60. The van der Waals surface area contributed by atoms with Gasteiger partial charge in [-0.2, -0.15) is 5.06 Å². The highest BCUT2D eigenvalue weighted by Crippen LogP contribution is 2.50. The van der Waals surface area contributed by atoms with Gasteiger partial charge in [0.1, 0.15) is 0 Å². The van der Waals surface area contributed by atoms with Crippen LogP contribution in [0.3, 0.4) is 0 Å². The normalized spacial score (nSPS) is 38.5. The van der Waals surface area contributed by atoms with Gasteiger partial charge in [0.05, 0.1) is 13.3 Å². The van der Waals surface area contributed by atoms with Crippen LogP contribution in [0.5, 0.6) is 0 Å². The first-order valence-corrected chi connectivity index (χ1v) is 9.04. The average molecular weight is 300 g/mol. The molecule has 5 unspecified atom stereocenters. The lowest BCUT2D eigenvalue weighted by molar-refractivity contribution is -0.229. The van der Waals surface area contributed by atoms with Crippen molar-refractivity contribution in [2.24, 2.45) is 17.8 Å². The maximum Gasteiger partial charge on any atom is 0.0739 e. The molecule has 3 aliphatic rings. The summed E-state index contributed by atoms with van der Waals surface area (Å²) in [6.45, 7) is 3.72. The van der Waals surface area contributed by atoms with Crippen LogP contribution in [0.1, 0.15) is 50.6 Å². The van der Waals surface area contributed by atoms with Gasteiger partial charge in [0.2, 0.25) is 0 Å². The Kier molecular flexibility index (Phi) is 4.21. The van der Waals surface area contributed by atoms with E-state index in [1.54, 1.807) is 0 Å². The van der Waals surface area contributed by atoms with Crippen molar-refractivity contribution in [1.82, 2.24) is 10.4 Å². The van der Waals surface area contributed by atoms with Crippen molar-refractivity contribution in [1.29, 1.82) is 0 Å². The molecule has 1 N–H and O–H groups in total. The van der Waals surface area contributed by atoms with Crippen molar-refractivity contribution < 1.29 is 4.84 Å². The molecule has 1 heterocycles. The molecular formula is C19H28N2O. The summed E-state index contributed by atoms with van der Waals surface area (Å²) < 4.78 is 0. The number of hydrogen-bond acceptors (Lipinski definition) is 3. The van der Waals surface area contributed by atoms with E-state index in [4.69, 9.17) is 4.84 Å². The Hall–Kier alpha value is -0.900. The maximum absolute atomic E-state index is 5.96. The molecule has 0 radical (unpaired) electrons. The Morgan fingerprint density at radius 2 is 1.91 bits per heavy atom. The van der Waals surface area contributed by atoms with Crippen LogP contribution >= 0.6 is 0 Å². The molecule has 3 heteroatoms. The highest BCUT2D eigenvalue weighted by Gasteiger charge is 2.47. The molecule has 0 bridgehead atoms. The molecule has 2 aliphatic carbocycles. The van der Waals surface area contributed by atoms with E-state index in [2.05, 4.69) is 47.6 Å². The molecule has 1 aromatic carbocycles. The van der Waals surface area contributed by atoms with E-state index in [0.29, 0.717) is 18.0 Å². The molecule has 1 aliphatic heterocycles. The van der Waals surface area contributed by atoms with Gasteiger partial charge in [-0.05, 0) is 43.1 Å². The molecule has 22 heavy (non-hydrogen) atoms. The second-order valence-corrected chi connectivity index (χ2v) is 7.24. The Morgan fingerprint density at radius 3 is 2.68 bits per heavy atom. The number of benzene rings is 1. The van der Waals surface area contributed by atoms with Crippen LogP contribution in [-0.4, -0.2) is 24.4 Å². The van der Waals surface area contributed by atoms with Gasteiger partial charge in [-0.25, -0.2) is 0 Å². The fourth-order valence-corrected chi connectivity index (χ4v) is 5.20. The van der Waals surface area contributed by atoms with E-state index in [9.17, 15) is 0 Å². The molecule has 1 aromatic rings. The lowest BCUT2D eigenvalue weighted by Crippen LogP contribution is -2.58. The topological polar surface area (TPSA) is 24.5 Å². The number of rotatable bonds is 3. The molecular weight excluding hydrogens is 272 g/mol. The third-order valence-corrected chi connectivity index (χ3v) is 6.15. The minimum atomic E-state index is 0.490. The molecule has 0 aromatic heterocycles. The molecule has 0 amide bonds. The fourth-order valence-electron chi connectivity index (χ4n) is 5.20. The second-order valence-electron chi connectivity index (χ2n) is 7.24. The summed E-state index contributed by atoms with van der Waals surface area (Å²) in [5.41, 5.74) is 1.45. The van der Waals surface area contributed by atoms with Crippen LogP contribution in [0.25, 0.3) is 0 Å². The first-order valence-electron chi connectivity index (χ1n) is 9.04. The van der Waals surface area contributed by atoms with Crippen molar-refractivity contribution >= 4 is 0 Å². The third kappa shape index (κ3) is 2.60. The Bertz CT molecular complexity index is 491. The Labute approximate surface area is 134 Å². The second kappa shape index (κ2) is 6.31. The predicted octanol–water partition coefficient (Wildman–Crippen LogP) is 3.74. The molecule has 120 valence electrons. The van der Waals surface area contributed by atoms with Crippen molar-refractivity contribution in [3.63, 3.8) is 0 Å². The lowest BCUT2D eigenvalue weighted by Gasteiger charge is -2.50. The van der Waals surface area contributed by atoms with Gasteiger partial charge in [0.15, 0.2) is 0 Å². The van der Waals surface area contributed by atoms with Crippen LogP contribution < -0.4 is 5.32 Å². The van der Waals surface area contributed by atoms with E-state index < -0.39 is 0 Å². The quantitative estimate of drug-likeness (QED) is 0.920. The number of nitrogens with zero attached hydrogens (tertiary/aromatic N) is 1. The molecule has 4 rings (SSSR count). The Morgan fingerprint density at radius 1 is 1.14 bits per heavy atom. The van der Waals surface area contributed by atoms with Crippen molar-refractivity contribution in [3.8, 4) is 0 Å². The van der Waals surface area contributed by atoms with Gasteiger partial charge in [0, 0.05) is 12.1 Å². The summed E-state index contributed by atoms with van der Waals surface area (Å²) >= 11 is 0. The first kappa shape index (κ1) is 14.7. The van der Waals surface area contributed by atoms with Gasteiger partial charge in [-0.15, -0.1) is 0 Å². The van der Waals surface area contributed by atoms with E-state index >= 15 is 0 Å². The van der Waals surface area contributed by atoms with Gasteiger partial charge in [0.25, 0.3) is 0 Å². The summed E-state index contributed by atoms with van der Waals surface area (Å²) in [6, 6.07) is 12.1. The van der Waals surface area contributed by atoms with Crippen molar-refractivity contribution in [3.05, 3.63) is 35.9 Å². The lowest BCUT2D eigenvalue weighted by atomic mass is 9.68. The van der Waals surface area contributed by atoms with Crippen molar-refractivity contribution in [2.75, 3.05) is 13.3 Å². The summed E-state index contributed by atoms with van der Waals surface area (Å²) in [7, 11) is 0. The van der Waals surface area contributed by atoms with Crippen LogP contribution in [0, 0.1) is 17.8 Å². The molecule has 5 atom stereocenters. The molecule has 2 saturated carbocycles. The van der Waals surface area contributed by atoms with E-state index in [-0.39, 0.29) is 0 Å².